The topological polar surface area (TPSA) is 65.7 Å². The van der Waals surface area contributed by atoms with E-state index in [9.17, 15) is 22.8 Å². The molecule has 1 amide bonds. The van der Waals surface area contributed by atoms with Crippen LogP contribution < -0.4 is 10.4 Å². The number of imidazole rings is 1. The number of aromatic nitrogens is 2. The molecule has 1 unspecified atom stereocenters. The lowest BCUT2D eigenvalue weighted by Crippen LogP contribution is -2.36. The van der Waals surface area contributed by atoms with Crippen LogP contribution in [0.4, 0.5) is 18.0 Å². The SMILES string of the molecule is COc1cccc2c1n(Cc1ccccc1C(F)(F)F)c(=O)n2C1CCN(C(=O)OC(C)(C)C)C1. The van der Waals surface area contributed by atoms with E-state index < -0.39 is 29.1 Å². The molecule has 1 aromatic heterocycles. The highest BCUT2D eigenvalue weighted by Gasteiger charge is 2.35. The van der Waals surface area contributed by atoms with Gasteiger partial charge in [0.25, 0.3) is 0 Å². The molecule has 0 spiro atoms. The number of benzene rings is 2. The minimum Gasteiger partial charge on any atom is -0.494 e. The van der Waals surface area contributed by atoms with Crippen LogP contribution in [0.25, 0.3) is 11.0 Å². The Labute approximate surface area is 200 Å². The van der Waals surface area contributed by atoms with Crippen molar-refractivity contribution in [1.29, 1.82) is 0 Å². The monoisotopic (exact) mass is 491 g/mol. The summed E-state index contributed by atoms with van der Waals surface area (Å²) in [5, 5.41) is 0. The van der Waals surface area contributed by atoms with E-state index in [1.165, 1.54) is 29.9 Å². The summed E-state index contributed by atoms with van der Waals surface area (Å²) in [5.41, 5.74) is -0.977. The Balaban J connectivity index is 1.78. The summed E-state index contributed by atoms with van der Waals surface area (Å²) in [6.45, 7) is 5.72. The molecular formula is C25H28F3N3O4. The molecule has 0 radical (unpaired) electrons. The van der Waals surface area contributed by atoms with E-state index in [1.807, 2.05) is 0 Å². The zero-order valence-corrected chi connectivity index (χ0v) is 20.1. The maximum Gasteiger partial charge on any atom is 0.416 e. The van der Waals surface area contributed by atoms with Crippen molar-refractivity contribution in [2.45, 2.75) is 51.6 Å². The average Bonchev–Trinajstić information content (AvgIpc) is 3.35. The quantitative estimate of drug-likeness (QED) is 0.512. The molecule has 1 aliphatic rings. The Morgan fingerprint density at radius 1 is 1.09 bits per heavy atom. The number of carbonyl (C=O) groups is 1. The first-order chi connectivity index (χ1) is 16.4. The van der Waals surface area contributed by atoms with E-state index >= 15 is 0 Å². The van der Waals surface area contributed by atoms with Crippen LogP contribution in [0.2, 0.25) is 0 Å². The summed E-state index contributed by atoms with van der Waals surface area (Å²) in [6, 6.07) is 9.99. The lowest BCUT2D eigenvalue weighted by Gasteiger charge is -2.24. The fourth-order valence-electron chi connectivity index (χ4n) is 4.52. The Kier molecular flexibility index (Phi) is 6.33. The number of fused-ring (bicyclic) bond motifs is 1. The summed E-state index contributed by atoms with van der Waals surface area (Å²) in [5.74, 6) is 0.379. The molecular weight excluding hydrogens is 463 g/mol. The van der Waals surface area contributed by atoms with Crippen LogP contribution in [0, 0.1) is 0 Å². The molecule has 188 valence electrons. The number of amides is 1. The van der Waals surface area contributed by atoms with Crippen molar-refractivity contribution in [3.8, 4) is 5.75 Å². The standard InChI is InChI=1S/C25H28F3N3O4/c1-24(2,3)35-23(33)29-13-12-17(15-29)31-19-10-7-11-20(34-4)21(19)30(22(31)32)14-16-8-5-6-9-18(16)25(26,27)28/h5-11,17H,12-15H2,1-4H3. The van der Waals surface area contributed by atoms with E-state index in [-0.39, 0.29) is 24.7 Å². The van der Waals surface area contributed by atoms with Gasteiger partial charge in [-0.1, -0.05) is 24.3 Å². The van der Waals surface area contributed by atoms with Gasteiger partial charge in [0.15, 0.2) is 0 Å². The predicted octanol–water partition coefficient (Wildman–Crippen LogP) is 5.06. The second-order valence-electron chi connectivity index (χ2n) is 9.59. The van der Waals surface area contributed by atoms with Crippen LogP contribution in [0.1, 0.15) is 44.4 Å². The van der Waals surface area contributed by atoms with Gasteiger partial charge in [-0.3, -0.25) is 9.13 Å². The second-order valence-corrected chi connectivity index (χ2v) is 9.59. The van der Waals surface area contributed by atoms with Crippen molar-refractivity contribution in [1.82, 2.24) is 14.0 Å². The first-order valence-corrected chi connectivity index (χ1v) is 11.3. The number of methoxy groups -OCH3 is 1. The lowest BCUT2D eigenvalue weighted by molar-refractivity contribution is -0.138. The number of hydrogen-bond donors (Lipinski definition) is 0. The zero-order chi connectivity index (χ0) is 25.5. The van der Waals surface area contributed by atoms with Crippen molar-refractivity contribution in [2.75, 3.05) is 20.2 Å². The van der Waals surface area contributed by atoms with Gasteiger partial charge in [0, 0.05) is 13.1 Å². The molecule has 10 heteroatoms. The lowest BCUT2D eigenvalue weighted by atomic mass is 10.1. The number of nitrogens with zero attached hydrogens (tertiary/aromatic N) is 3. The number of halogens is 3. The molecule has 0 bridgehead atoms. The summed E-state index contributed by atoms with van der Waals surface area (Å²) >= 11 is 0. The highest BCUT2D eigenvalue weighted by atomic mass is 19.4. The molecule has 1 aliphatic heterocycles. The smallest absolute Gasteiger partial charge is 0.416 e. The van der Waals surface area contributed by atoms with E-state index in [2.05, 4.69) is 0 Å². The van der Waals surface area contributed by atoms with Gasteiger partial charge >= 0.3 is 18.0 Å². The highest BCUT2D eigenvalue weighted by Crippen LogP contribution is 2.34. The number of para-hydroxylation sites is 1. The van der Waals surface area contributed by atoms with Gasteiger partial charge in [-0.05, 0) is 51.0 Å². The molecule has 35 heavy (non-hydrogen) atoms. The maximum atomic E-state index is 13.7. The van der Waals surface area contributed by atoms with Crippen molar-refractivity contribution in [2.24, 2.45) is 0 Å². The predicted molar refractivity (Wildman–Crippen MR) is 125 cm³/mol. The molecule has 0 N–H and O–H groups in total. The molecule has 1 atom stereocenters. The molecule has 2 aromatic carbocycles. The molecule has 1 fully saturated rings. The molecule has 0 saturated carbocycles. The molecule has 2 heterocycles. The van der Waals surface area contributed by atoms with Gasteiger partial charge in [-0.15, -0.1) is 0 Å². The largest absolute Gasteiger partial charge is 0.494 e. The normalized spacial score (nSPS) is 16.7. The van der Waals surface area contributed by atoms with E-state index in [1.54, 1.807) is 48.4 Å². The van der Waals surface area contributed by atoms with Crippen LogP contribution in [0.5, 0.6) is 5.75 Å². The van der Waals surface area contributed by atoms with Gasteiger partial charge in [0.05, 0.1) is 30.8 Å². The van der Waals surface area contributed by atoms with Crippen LogP contribution in [-0.4, -0.2) is 45.9 Å². The second kappa shape index (κ2) is 8.98. The first-order valence-electron chi connectivity index (χ1n) is 11.3. The van der Waals surface area contributed by atoms with E-state index in [0.29, 0.717) is 29.7 Å². The van der Waals surface area contributed by atoms with Crippen LogP contribution in [0.15, 0.2) is 47.3 Å². The third kappa shape index (κ3) is 4.87. The summed E-state index contributed by atoms with van der Waals surface area (Å²) in [7, 11) is 1.45. The summed E-state index contributed by atoms with van der Waals surface area (Å²) in [6.07, 6.45) is -4.51. The van der Waals surface area contributed by atoms with Gasteiger partial charge < -0.3 is 14.4 Å². The minimum atomic E-state index is -4.55. The van der Waals surface area contributed by atoms with E-state index in [0.717, 1.165) is 6.07 Å². The van der Waals surface area contributed by atoms with Gasteiger partial charge in [0.1, 0.15) is 16.9 Å². The molecule has 7 nitrogen and oxygen atoms in total. The fourth-order valence-corrected chi connectivity index (χ4v) is 4.52. The highest BCUT2D eigenvalue weighted by molar-refractivity contribution is 5.83. The fraction of sp³-hybridized carbons (Fsp3) is 0.440. The number of alkyl halides is 3. The van der Waals surface area contributed by atoms with Crippen LogP contribution in [0.3, 0.4) is 0 Å². The zero-order valence-electron chi connectivity index (χ0n) is 20.1. The number of rotatable bonds is 4. The number of likely N-dealkylation sites (tertiary alicyclic amines) is 1. The first kappa shape index (κ1) is 24.7. The minimum absolute atomic E-state index is 0.0196. The van der Waals surface area contributed by atoms with Gasteiger partial charge in [0.2, 0.25) is 0 Å². The van der Waals surface area contributed by atoms with E-state index in [4.69, 9.17) is 9.47 Å². The molecule has 3 aromatic rings. The molecule has 0 aliphatic carbocycles. The summed E-state index contributed by atoms with van der Waals surface area (Å²) in [4.78, 5) is 27.8. The number of carbonyl (C=O) groups excluding carboxylic acids is 1. The van der Waals surface area contributed by atoms with Gasteiger partial charge in [-0.2, -0.15) is 13.2 Å². The Hall–Kier alpha value is -3.43. The summed E-state index contributed by atoms with van der Waals surface area (Å²) < 4.78 is 54.7. The van der Waals surface area contributed by atoms with Crippen molar-refractivity contribution >= 4 is 17.1 Å². The number of hydrogen-bond acceptors (Lipinski definition) is 4. The van der Waals surface area contributed by atoms with Crippen molar-refractivity contribution in [3.63, 3.8) is 0 Å². The Morgan fingerprint density at radius 3 is 2.46 bits per heavy atom. The molecule has 4 rings (SSSR count). The Morgan fingerprint density at radius 2 is 1.80 bits per heavy atom. The van der Waals surface area contributed by atoms with Crippen molar-refractivity contribution in [3.05, 3.63) is 64.1 Å². The van der Waals surface area contributed by atoms with Gasteiger partial charge in [-0.25, -0.2) is 9.59 Å². The third-order valence-electron chi connectivity index (χ3n) is 6.00. The molecule has 1 saturated heterocycles. The van der Waals surface area contributed by atoms with Crippen LogP contribution in [-0.2, 0) is 17.5 Å². The van der Waals surface area contributed by atoms with Crippen molar-refractivity contribution < 1.29 is 27.4 Å². The van der Waals surface area contributed by atoms with Crippen LogP contribution >= 0.6 is 0 Å². The average molecular weight is 492 g/mol. The third-order valence-corrected chi connectivity index (χ3v) is 6.00. The maximum absolute atomic E-state index is 13.7. The number of ether oxygens (including phenoxy) is 2. The Bertz CT molecular complexity index is 1300.